The summed E-state index contributed by atoms with van der Waals surface area (Å²) in [6.07, 6.45) is 0. The molecule has 0 bridgehead atoms. The lowest BCUT2D eigenvalue weighted by Crippen LogP contribution is -2.05. The molecule has 0 spiro atoms. The lowest BCUT2D eigenvalue weighted by molar-refractivity contribution is -0.0391. The van der Waals surface area contributed by atoms with Crippen molar-refractivity contribution >= 4 is 5.97 Å². The van der Waals surface area contributed by atoms with Gasteiger partial charge in [0.1, 0.15) is 18.1 Å². The van der Waals surface area contributed by atoms with Crippen LogP contribution in [0.2, 0.25) is 0 Å². The van der Waals surface area contributed by atoms with Crippen LogP contribution in [0.1, 0.15) is 21.5 Å². The maximum atomic E-state index is 11.4. The normalized spacial score (nSPS) is 10.3. The Morgan fingerprint density at radius 1 is 1.35 bits per heavy atom. The Hall–Kier alpha value is -1.59. The van der Waals surface area contributed by atoms with Crippen molar-refractivity contribution in [2.24, 2.45) is 0 Å². The van der Waals surface area contributed by atoms with Crippen LogP contribution in [0, 0.1) is 6.92 Å². The van der Waals surface area contributed by atoms with Crippen LogP contribution in [0.25, 0.3) is 0 Å². The maximum Gasteiger partial charge on any atom is 0.341 e. The van der Waals surface area contributed by atoms with E-state index < -0.39 is 5.97 Å². The largest absolute Gasteiger partial charge is 0.507 e. The van der Waals surface area contributed by atoms with Crippen LogP contribution in [0.5, 0.6) is 5.75 Å². The Kier molecular flexibility index (Phi) is 4.93. The van der Waals surface area contributed by atoms with Crippen molar-refractivity contribution in [3.8, 4) is 5.75 Å². The van der Waals surface area contributed by atoms with E-state index in [4.69, 9.17) is 9.47 Å². The second-order valence-corrected chi connectivity index (χ2v) is 3.55. The summed E-state index contributed by atoms with van der Waals surface area (Å²) in [6, 6.07) is 3.25. The lowest BCUT2D eigenvalue weighted by atomic mass is 10.0. The van der Waals surface area contributed by atoms with E-state index in [0.717, 1.165) is 5.56 Å². The molecule has 1 aromatic rings. The van der Waals surface area contributed by atoms with Crippen molar-refractivity contribution < 1.29 is 24.1 Å². The predicted octanol–water partition coefficient (Wildman–Crippen LogP) is 1.61. The van der Waals surface area contributed by atoms with Gasteiger partial charge in [0.2, 0.25) is 0 Å². The van der Waals surface area contributed by atoms with Crippen LogP contribution >= 0.6 is 0 Å². The Balaban J connectivity index is 2.89. The molecule has 1 aromatic carbocycles. The molecule has 1 rings (SSSR count). The van der Waals surface area contributed by atoms with Crippen LogP contribution < -0.4 is 0 Å². The Morgan fingerprint density at radius 3 is 2.59 bits per heavy atom. The zero-order valence-electron chi connectivity index (χ0n) is 10.1. The molecule has 0 atom stereocenters. The molecule has 17 heavy (non-hydrogen) atoms. The van der Waals surface area contributed by atoms with Crippen LogP contribution in [-0.4, -0.2) is 32.1 Å². The van der Waals surface area contributed by atoms with Crippen molar-refractivity contribution in [2.75, 3.05) is 21.0 Å². The summed E-state index contributed by atoms with van der Waals surface area (Å²) in [5.74, 6) is -0.655. The van der Waals surface area contributed by atoms with Crippen LogP contribution in [-0.2, 0) is 20.8 Å². The predicted molar refractivity (Wildman–Crippen MR) is 60.8 cm³/mol. The van der Waals surface area contributed by atoms with Gasteiger partial charge in [-0.2, -0.15) is 0 Å². The number of aryl methyl sites for hydroxylation is 1. The summed E-state index contributed by atoms with van der Waals surface area (Å²) in [5.41, 5.74) is 1.60. The van der Waals surface area contributed by atoms with Gasteiger partial charge in [0.25, 0.3) is 0 Å². The molecule has 0 heterocycles. The molecule has 0 aliphatic heterocycles. The van der Waals surface area contributed by atoms with Crippen LogP contribution in [0.3, 0.4) is 0 Å². The van der Waals surface area contributed by atoms with Gasteiger partial charge in [-0.3, -0.25) is 0 Å². The van der Waals surface area contributed by atoms with Gasteiger partial charge < -0.3 is 19.3 Å². The topological polar surface area (TPSA) is 65.0 Å². The minimum Gasteiger partial charge on any atom is -0.507 e. The number of rotatable bonds is 5. The number of methoxy groups -OCH3 is 2. The van der Waals surface area contributed by atoms with Gasteiger partial charge in [-0.05, 0) is 24.1 Å². The first-order valence-corrected chi connectivity index (χ1v) is 5.07. The number of hydrogen-bond acceptors (Lipinski definition) is 5. The molecule has 1 N–H and O–H groups in total. The van der Waals surface area contributed by atoms with E-state index in [2.05, 4.69) is 4.74 Å². The zero-order chi connectivity index (χ0) is 12.8. The number of ether oxygens (including phenoxy) is 3. The number of hydrogen-bond donors (Lipinski definition) is 1. The number of carbonyl (C=O) groups excluding carboxylic acids is 1. The molecule has 94 valence electrons. The minimum absolute atomic E-state index is 0.104. The van der Waals surface area contributed by atoms with Crippen LogP contribution in [0.4, 0.5) is 0 Å². The van der Waals surface area contributed by atoms with E-state index in [-0.39, 0.29) is 18.1 Å². The highest BCUT2D eigenvalue weighted by Crippen LogP contribution is 2.24. The Morgan fingerprint density at radius 2 is 2.06 bits per heavy atom. The highest BCUT2D eigenvalue weighted by molar-refractivity contribution is 5.94. The van der Waals surface area contributed by atoms with Gasteiger partial charge in [0.15, 0.2) is 0 Å². The monoisotopic (exact) mass is 240 g/mol. The molecule has 5 heteroatoms. The van der Waals surface area contributed by atoms with Crippen molar-refractivity contribution in [3.05, 3.63) is 28.8 Å². The first-order chi connectivity index (χ1) is 8.10. The highest BCUT2D eigenvalue weighted by Gasteiger charge is 2.15. The Labute approximate surface area is 99.9 Å². The summed E-state index contributed by atoms with van der Waals surface area (Å²) in [4.78, 5) is 11.4. The van der Waals surface area contributed by atoms with E-state index in [1.807, 2.05) is 0 Å². The molecule has 0 unspecified atom stereocenters. The first-order valence-electron chi connectivity index (χ1n) is 5.07. The van der Waals surface area contributed by atoms with E-state index >= 15 is 0 Å². The van der Waals surface area contributed by atoms with Gasteiger partial charge in [-0.25, -0.2) is 4.79 Å². The number of phenols is 1. The number of phenolic OH excluding ortho intramolecular Hbond substituents is 1. The molecular weight excluding hydrogens is 224 g/mol. The molecule has 0 saturated heterocycles. The first kappa shape index (κ1) is 13.5. The fourth-order valence-electron chi connectivity index (χ4n) is 1.54. The smallest absolute Gasteiger partial charge is 0.341 e. The molecule has 0 amide bonds. The maximum absolute atomic E-state index is 11.4. The van der Waals surface area contributed by atoms with E-state index in [9.17, 15) is 9.90 Å². The van der Waals surface area contributed by atoms with Gasteiger partial charge in [0, 0.05) is 7.11 Å². The summed E-state index contributed by atoms with van der Waals surface area (Å²) in [6.45, 7) is 2.22. The summed E-state index contributed by atoms with van der Waals surface area (Å²) in [5, 5.41) is 9.74. The van der Waals surface area contributed by atoms with Crippen molar-refractivity contribution in [1.82, 2.24) is 0 Å². The van der Waals surface area contributed by atoms with E-state index in [1.54, 1.807) is 13.0 Å². The summed E-state index contributed by atoms with van der Waals surface area (Å²) < 4.78 is 14.5. The Bertz CT molecular complexity index is 377. The molecular formula is C12H16O5. The molecule has 0 aliphatic rings. The zero-order valence-corrected chi connectivity index (χ0v) is 10.1. The molecule has 5 nitrogen and oxygen atoms in total. The number of aromatic hydroxyl groups is 1. The third kappa shape index (κ3) is 3.44. The lowest BCUT2D eigenvalue weighted by Gasteiger charge is -2.10. The average molecular weight is 240 g/mol. The molecule has 0 aliphatic carbocycles. The summed E-state index contributed by atoms with van der Waals surface area (Å²) in [7, 11) is 2.81. The quantitative estimate of drug-likeness (QED) is 0.481. The SMILES string of the molecule is COCOCc1cc(C)c(C(=O)OC)c(O)c1. The van der Waals surface area contributed by atoms with E-state index in [0.29, 0.717) is 12.2 Å². The highest BCUT2D eigenvalue weighted by atomic mass is 16.7. The van der Waals surface area contributed by atoms with E-state index in [1.165, 1.54) is 20.3 Å². The van der Waals surface area contributed by atoms with Gasteiger partial charge in [-0.15, -0.1) is 0 Å². The van der Waals surface area contributed by atoms with Crippen molar-refractivity contribution in [1.29, 1.82) is 0 Å². The van der Waals surface area contributed by atoms with Gasteiger partial charge in [0.05, 0.1) is 13.7 Å². The molecule has 0 saturated carbocycles. The van der Waals surface area contributed by atoms with Crippen LogP contribution in [0.15, 0.2) is 12.1 Å². The number of esters is 1. The summed E-state index contributed by atoms with van der Waals surface area (Å²) >= 11 is 0. The fraction of sp³-hybridized carbons (Fsp3) is 0.417. The standard InChI is InChI=1S/C12H16O5/c1-8-4-9(6-17-7-15-2)5-10(13)11(8)12(14)16-3/h4-5,13H,6-7H2,1-3H3. The molecule has 0 aromatic heterocycles. The van der Waals surface area contributed by atoms with Gasteiger partial charge >= 0.3 is 5.97 Å². The second-order valence-electron chi connectivity index (χ2n) is 3.55. The third-order valence-corrected chi connectivity index (χ3v) is 2.23. The average Bonchev–Trinajstić information content (AvgIpc) is 2.28. The molecule has 0 radical (unpaired) electrons. The molecule has 0 fully saturated rings. The van der Waals surface area contributed by atoms with Crippen molar-refractivity contribution in [3.63, 3.8) is 0 Å². The minimum atomic E-state index is -0.552. The van der Waals surface area contributed by atoms with Crippen molar-refractivity contribution in [2.45, 2.75) is 13.5 Å². The fourth-order valence-corrected chi connectivity index (χ4v) is 1.54. The number of benzene rings is 1. The number of carbonyl (C=O) groups is 1. The third-order valence-electron chi connectivity index (χ3n) is 2.23. The van der Waals surface area contributed by atoms with Gasteiger partial charge in [-0.1, -0.05) is 6.07 Å². The second kappa shape index (κ2) is 6.22.